The van der Waals surface area contributed by atoms with Gasteiger partial charge in [-0.3, -0.25) is 4.90 Å². The van der Waals surface area contributed by atoms with Gasteiger partial charge < -0.3 is 18.6 Å². The van der Waals surface area contributed by atoms with Crippen molar-refractivity contribution in [2.45, 2.75) is 12.6 Å². The fourth-order valence-electron chi connectivity index (χ4n) is 2.50. The Hall–Kier alpha value is -2.47. The minimum Gasteiger partial charge on any atom is -0.486 e. The van der Waals surface area contributed by atoms with Gasteiger partial charge in [0.2, 0.25) is 5.76 Å². The molecule has 0 unspecified atom stereocenters. The minimum atomic E-state index is -0.473. The maximum atomic E-state index is 11.4. The molecule has 1 aliphatic rings. The van der Waals surface area contributed by atoms with Crippen molar-refractivity contribution in [1.29, 1.82) is 0 Å². The highest BCUT2D eigenvalue weighted by Crippen LogP contribution is 2.31. The van der Waals surface area contributed by atoms with Gasteiger partial charge in [-0.2, -0.15) is 0 Å². The molecule has 1 aromatic heterocycles. The summed E-state index contributed by atoms with van der Waals surface area (Å²) in [5.41, 5.74) is 0. The third kappa shape index (κ3) is 3.65. The van der Waals surface area contributed by atoms with Crippen molar-refractivity contribution in [2.75, 3.05) is 27.3 Å². The van der Waals surface area contributed by atoms with E-state index in [-0.39, 0.29) is 11.9 Å². The first-order chi connectivity index (χ1) is 11.2. The van der Waals surface area contributed by atoms with Crippen LogP contribution in [0.3, 0.4) is 0 Å². The molecule has 0 saturated carbocycles. The van der Waals surface area contributed by atoms with Crippen LogP contribution < -0.4 is 9.47 Å². The highest BCUT2D eigenvalue weighted by molar-refractivity contribution is 5.86. The molecule has 1 atom stereocenters. The molecule has 0 spiro atoms. The van der Waals surface area contributed by atoms with Crippen LogP contribution in [0, 0.1) is 0 Å². The quantitative estimate of drug-likeness (QED) is 0.789. The number of hydrogen-bond acceptors (Lipinski definition) is 6. The van der Waals surface area contributed by atoms with Crippen LogP contribution in [-0.4, -0.2) is 44.3 Å². The third-order valence-electron chi connectivity index (χ3n) is 3.56. The smallest absolute Gasteiger partial charge is 0.373 e. The number of carbonyl (C=O) groups is 1. The Bertz CT molecular complexity index is 681. The second kappa shape index (κ2) is 6.75. The van der Waals surface area contributed by atoms with Crippen molar-refractivity contribution in [3.05, 3.63) is 47.9 Å². The number of fused-ring (bicyclic) bond motifs is 1. The molecule has 0 aliphatic carbocycles. The molecular formula is C17H19NO5. The summed E-state index contributed by atoms with van der Waals surface area (Å²) in [7, 11) is 3.29. The summed E-state index contributed by atoms with van der Waals surface area (Å²) < 4.78 is 21.7. The van der Waals surface area contributed by atoms with Gasteiger partial charge in [-0.05, 0) is 31.3 Å². The summed E-state index contributed by atoms with van der Waals surface area (Å²) >= 11 is 0. The molecule has 6 nitrogen and oxygen atoms in total. The number of rotatable bonds is 5. The van der Waals surface area contributed by atoms with E-state index >= 15 is 0 Å². The lowest BCUT2D eigenvalue weighted by Gasteiger charge is -2.29. The lowest BCUT2D eigenvalue weighted by atomic mass is 10.2. The predicted molar refractivity (Wildman–Crippen MR) is 82.7 cm³/mol. The van der Waals surface area contributed by atoms with Gasteiger partial charge in [0.05, 0.1) is 13.7 Å². The maximum Gasteiger partial charge on any atom is 0.373 e. The van der Waals surface area contributed by atoms with Crippen molar-refractivity contribution in [1.82, 2.24) is 4.90 Å². The van der Waals surface area contributed by atoms with E-state index in [1.165, 1.54) is 7.11 Å². The first-order valence-corrected chi connectivity index (χ1v) is 7.40. The van der Waals surface area contributed by atoms with Gasteiger partial charge in [0.15, 0.2) is 11.5 Å². The molecule has 23 heavy (non-hydrogen) atoms. The van der Waals surface area contributed by atoms with E-state index in [0.717, 1.165) is 11.5 Å². The van der Waals surface area contributed by atoms with Crippen LogP contribution in [0.4, 0.5) is 0 Å². The van der Waals surface area contributed by atoms with Crippen molar-refractivity contribution in [3.63, 3.8) is 0 Å². The van der Waals surface area contributed by atoms with E-state index in [0.29, 0.717) is 25.5 Å². The molecule has 122 valence electrons. The number of benzene rings is 1. The SMILES string of the molecule is COC(=O)c1ccc(CN(C)C[C@H]2COc3ccccc3O2)o1. The molecule has 1 aliphatic heterocycles. The van der Waals surface area contributed by atoms with E-state index in [1.54, 1.807) is 12.1 Å². The van der Waals surface area contributed by atoms with E-state index in [2.05, 4.69) is 9.64 Å². The van der Waals surface area contributed by atoms with Crippen molar-refractivity contribution < 1.29 is 23.4 Å². The Morgan fingerprint density at radius 1 is 1.26 bits per heavy atom. The average molecular weight is 317 g/mol. The largest absolute Gasteiger partial charge is 0.486 e. The standard InChI is InChI=1S/C17H19NO5/c1-18(9-12-7-8-16(22-12)17(19)20-2)10-13-11-21-14-5-3-4-6-15(14)23-13/h3-8,13H,9-11H2,1-2H3/t13-/m0/s1. The van der Waals surface area contributed by atoms with Crippen molar-refractivity contribution in [2.24, 2.45) is 0 Å². The Kier molecular flexibility index (Phi) is 4.52. The second-order valence-electron chi connectivity index (χ2n) is 5.45. The number of carbonyl (C=O) groups excluding carboxylic acids is 1. The minimum absolute atomic E-state index is 0.0510. The zero-order chi connectivity index (χ0) is 16.2. The van der Waals surface area contributed by atoms with E-state index < -0.39 is 5.97 Å². The van der Waals surface area contributed by atoms with Crippen LogP contribution in [0.25, 0.3) is 0 Å². The van der Waals surface area contributed by atoms with Gasteiger partial charge >= 0.3 is 5.97 Å². The van der Waals surface area contributed by atoms with Crippen LogP contribution in [-0.2, 0) is 11.3 Å². The fourth-order valence-corrected chi connectivity index (χ4v) is 2.50. The molecule has 0 saturated heterocycles. The van der Waals surface area contributed by atoms with E-state index in [9.17, 15) is 4.79 Å². The summed E-state index contributed by atoms with van der Waals surface area (Å²) in [4.78, 5) is 13.4. The van der Waals surface area contributed by atoms with Crippen LogP contribution in [0.15, 0.2) is 40.8 Å². The Labute approximate surface area is 134 Å². The summed E-state index contributed by atoms with van der Waals surface area (Å²) in [5.74, 6) is 1.98. The van der Waals surface area contributed by atoms with Gasteiger partial charge in [-0.1, -0.05) is 12.1 Å². The highest BCUT2D eigenvalue weighted by Gasteiger charge is 2.22. The van der Waals surface area contributed by atoms with E-state index in [4.69, 9.17) is 13.9 Å². The van der Waals surface area contributed by atoms with Crippen molar-refractivity contribution in [3.8, 4) is 11.5 Å². The molecule has 3 rings (SSSR count). The second-order valence-corrected chi connectivity index (χ2v) is 5.45. The monoisotopic (exact) mass is 317 g/mol. The van der Waals surface area contributed by atoms with Gasteiger partial charge in [-0.15, -0.1) is 0 Å². The highest BCUT2D eigenvalue weighted by atomic mass is 16.6. The van der Waals surface area contributed by atoms with E-state index in [1.807, 2.05) is 31.3 Å². The number of methoxy groups -OCH3 is 1. The van der Waals surface area contributed by atoms with Crippen LogP contribution >= 0.6 is 0 Å². The summed E-state index contributed by atoms with van der Waals surface area (Å²) in [6.07, 6.45) is -0.0510. The Morgan fingerprint density at radius 2 is 2.04 bits per heavy atom. The lowest BCUT2D eigenvalue weighted by Crippen LogP contribution is -2.39. The molecule has 2 aromatic rings. The number of nitrogens with zero attached hydrogens (tertiary/aromatic N) is 1. The number of furan rings is 1. The number of hydrogen-bond donors (Lipinski definition) is 0. The normalized spacial score (nSPS) is 16.4. The molecule has 0 bridgehead atoms. The lowest BCUT2D eigenvalue weighted by molar-refractivity contribution is 0.0550. The molecule has 0 N–H and O–H groups in total. The summed E-state index contributed by atoms with van der Waals surface area (Å²) in [6.45, 7) is 1.76. The van der Waals surface area contributed by atoms with Gasteiger partial charge in [-0.25, -0.2) is 4.79 Å². The predicted octanol–water partition coefficient (Wildman–Crippen LogP) is 2.34. The average Bonchev–Trinajstić information content (AvgIpc) is 3.02. The molecule has 0 amide bonds. The number of para-hydroxylation sites is 2. The molecule has 1 aromatic carbocycles. The first kappa shape index (κ1) is 15.4. The Balaban J connectivity index is 1.55. The third-order valence-corrected chi connectivity index (χ3v) is 3.56. The number of likely N-dealkylation sites (N-methyl/N-ethyl adjacent to an activating group) is 1. The molecular weight excluding hydrogens is 298 g/mol. The zero-order valence-corrected chi connectivity index (χ0v) is 13.2. The molecule has 2 heterocycles. The molecule has 6 heteroatoms. The number of ether oxygens (including phenoxy) is 3. The van der Waals surface area contributed by atoms with Gasteiger partial charge in [0.1, 0.15) is 18.5 Å². The number of esters is 1. The Morgan fingerprint density at radius 3 is 2.83 bits per heavy atom. The zero-order valence-electron chi connectivity index (χ0n) is 13.2. The summed E-state index contributed by atoms with van der Waals surface area (Å²) in [6, 6.07) is 11.0. The van der Waals surface area contributed by atoms with Gasteiger partial charge in [0, 0.05) is 6.54 Å². The van der Waals surface area contributed by atoms with Crippen LogP contribution in [0.5, 0.6) is 11.5 Å². The summed E-state index contributed by atoms with van der Waals surface area (Å²) in [5, 5.41) is 0. The first-order valence-electron chi connectivity index (χ1n) is 7.40. The maximum absolute atomic E-state index is 11.4. The molecule has 0 radical (unpaired) electrons. The molecule has 0 fully saturated rings. The topological polar surface area (TPSA) is 61.1 Å². The van der Waals surface area contributed by atoms with Crippen LogP contribution in [0.2, 0.25) is 0 Å². The van der Waals surface area contributed by atoms with Gasteiger partial charge in [0.25, 0.3) is 0 Å². The fraction of sp³-hybridized carbons (Fsp3) is 0.353. The van der Waals surface area contributed by atoms with Crippen molar-refractivity contribution >= 4 is 5.97 Å². The van der Waals surface area contributed by atoms with Crippen LogP contribution in [0.1, 0.15) is 16.3 Å².